The Labute approximate surface area is 148 Å². The first-order valence-electron chi connectivity index (χ1n) is 8.11. The van der Waals surface area contributed by atoms with Crippen molar-refractivity contribution in [2.75, 3.05) is 5.32 Å². The van der Waals surface area contributed by atoms with E-state index in [1.54, 1.807) is 24.5 Å². The number of amides is 1. The van der Waals surface area contributed by atoms with Crippen LogP contribution in [0.1, 0.15) is 12.3 Å². The van der Waals surface area contributed by atoms with E-state index in [0.717, 1.165) is 16.5 Å². The predicted molar refractivity (Wildman–Crippen MR) is 94.9 cm³/mol. The van der Waals surface area contributed by atoms with Crippen molar-refractivity contribution in [2.24, 2.45) is 0 Å². The van der Waals surface area contributed by atoms with Gasteiger partial charge in [-0.15, -0.1) is 0 Å². The molecule has 2 heterocycles. The zero-order valence-corrected chi connectivity index (χ0v) is 13.7. The Hall–Kier alpha value is -3.48. The van der Waals surface area contributed by atoms with Gasteiger partial charge in [0, 0.05) is 29.5 Å². The van der Waals surface area contributed by atoms with Gasteiger partial charge < -0.3 is 9.73 Å². The third kappa shape index (κ3) is 3.46. The van der Waals surface area contributed by atoms with E-state index >= 15 is 0 Å². The third-order valence-corrected chi connectivity index (χ3v) is 3.97. The first-order chi connectivity index (χ1) is 12.7. The number of aromatic nitrogens is 3. The topological polar surface area (TPSA) is 83.8 Å². The molecule has 2 N–H and O–H groups in total. The number of aromatic amines is 1. The molecule has 130 valence electrons. The fraction of sp³-hybridized carbons (Fsp3) is 0.105. The summed E-state index contributed by atoms with van der Waals surface area (Å²) < 4.78 is 18.6. The number of nitrogens with one attached hydrogen (secondary N) is 2. The summed E-state index contributed by atoms with van der Waals surface area (Å²) in [5.41, 5.74) is 2.36. The van der Waals surface area contributed by atoms with E-state index in [1.165, 1.54) is 12.1 Å². The molecule has 4 aromatic rings. The Kier molecular flexibility index (Phi) is 4.18. The average molecular weight is 350 g/mol. The number of rotatable bonds is 5. The molecular formula is C19H15FN4O2. The van der Waals surface area contributed by atoms with Crippen LogP contribution in [0.3, 0.4) is 0 Å². The molecule has 0 aliphatic rings. The summed E-state index contributed by atoms with van der Waals surface area (Å²) in [4.78, 5) is 16.3. The normalized spacial score (nSPS) is 11.0. The summed E-state index contributed by atoms with van der Waals surface area (Å²) in [7, 11) is 0. The molecule has 26 heavy (non-hydrogen) atoms. The maximum absolute atomic E-state index is 13.0. The molecule has 0 fully saturated rings. The molecule has 4 rings (SSSR count). The maximum Gasteiger partial charge on any atom is 0.224 e. The van der Waals surface area contributed by atoms with Crippen molar-refractivity contribution >= 4 is 22.5 Å². The van der Waals surface area contributed by atoms with Crippen LogP contribution in [-0.4, -0.2) is 21.1 Å². The first kappa shape index (κ1) is 16.0. The largest absolute Gasteiger partial charge is 0.441 e. The van der Waals surface area contributed by atoms with Gasteiger partial charge in [-0.3, -0.25) is 9.89 Å². The van der Waals surface area contributed by atoms with E-state index in [2.05, 4.69) is 20.5 Å². The van der Waals surface area contributed by atoms with Crippen molar-refractivity contribution < 1.29 is 13.6 Å². The van der Waals surface area contributed by atoms with E-state index in [0.29, 0.717) is 23.8 Å². The predicted octanol–water partition coefficient (Wildman–Crippen LogP) is 3.93. The number of fused-ring (bicyclic) bond motifs is 1. The van der Waals surface area contributed by atoms with E-state index < -0.39 is 0 Å². The first-order valence-corrected chi connectivity index (χ1v) is 8.11. The third-order valence-electron chi connectivity index (χ3n) is 3.97. The smallest absolute Gasteiger partial charge is 0.224 e. The number of hydrogen-bond donors (Lipinski definition) is 2. The van der Waals surface area contributed by atoms with Crippen molar-refractivity contribution in [3.05, 3.63) is 66.6 Å². The molecule has 7 heteroatoms. The fourth-order valence-corrected chi connectivity index (χ4v) is 2.64. The highest BCUT2D eigenvalue weighted by Gasteiger charge is 2.10. The molecule has 0 bridgehead atoms. The highest BCUT2D eigenvalue weighted by molar-refractivity contribution is 5.93. The lowest BCUT2D eigenvalue weighted by Gasteiger charge is -2.04. The van der Waals surface area contributed by atoms with Gasteiger partial charge in [-0.2, -0.15) is 5.10 Å². The van der Waals surface area contributed by atoms with Crippen molar-refractivity contribution in [1.82, 2.24) is 15.2 Å². The molecule has 6 nitrogen and oxygen atoms in total. The van der Waals surface area contributed by atoms with Gasteiger partial charge in [0.2, 0.25) is 5.91 Å². The lowest BCUT2D eigenvalue weighted by molar-refractivity contribution is -0.116. The number of H-pyrrole nitrogens is 1. The zero-order chi connectivity index (χ0) is 17.9. The standard InChI is InChI=1S/C19H15FN4O2/c20-14-3-1-12(2-4-14)17-11-21-19(26-17)8-7-18(25)23-15-5-6-16-13(9-15)10-22-24-16/h1-6,9-11H,7-8H2,(H,22,24)(H,23,25). The summed E-state index contributed by atoms with van der Waals surface area (Å²) in [5.74, 6) is 0.573. The second kappa shape index (κ2) is 6.79. The minimum atomic E-state index is -0.307. The van der Waals surface area contributed by atoms with Gasteiger partial charge in [0.1, 0.15) is 5.82 Å². The molecule has 2 aromatic carbocycles. The number of hydrogen-bond acceptors (Lipinski definition) is 4. The quantitative estimate of drug-likeness (QED) is 0.571. The van der Waals surface area contributed by atoms with Crippen LogP contribution in [0.4, 0.5) is 10.1 Å². The number of oxazole rings is 1. The van der Waals surface area contributed by atoms with Gasteiger partial charge in [-0.25, -0.2) is 9.37 Å². The molecular weight excluding hydrogens is 335 g/mol. The number of carbonyl (C=O) groups excluding carboxylic acids is 1. The van der Waals surface area contributed by atoms with Crippen molar-refractivity contribution in [3.8, 4) is 11.3 Å². The summed E-state index contributed by atoms with van der Waals surface area (Å²) in [6.45, 7) is 0. The van der Waals surface area contributed by atoms with Crippen molar-refractivity contribution in [1.29, 1.82) is 0 Å². The molecule has 0 unspecified atom stereocenters. The Bertz CT molecular complexity index is 1050. The van der Waals surface area contributed by atoms with E-state index in [1.807, 2.05) is 18.2 Å². The average Bonchev–Trinajstić information content (AvgIpc) is 3.29. The molecule has 0 atom stereocenters. The molecule has 1 amide bonds. The number of nitrogens with zero attached hydrogens (tertiary/aromatic N) is 2. The Morgan fingerprint density at radius 3 is 2.85 bits per heavy atom. The van der Waals surface area contributed by atoms with Crippen molar-refractivity contribution in [2.45, 2.75) is 12.8 Å². The Morgan fingerprint density at radius 1 is 1.15 bits per heavy atom. The highest BCUT2D eigenvalue weighted by atomic mass is 19.1. The fourth-order valence-electron chi connectivity index (χ4n) is 2.64. The van der Waals surface area contributed by atoms with Crippen LogP contribution in [0.2, 0.25) is 0 Å². The molecule has 0 aliphatic carbocycles. The van der Waals surface area contributed by atoms with Crippen LogP contribution in [0.15, 0.2) is 59.3 Å². The van der Waals surface area contributed by atoms with Crippen LogP contribution in [0.5, 0.6) is 0 Å². The second-order valence-corrected chi connectivity index (χ2v) is 5.85. The van der Waals surface area contributed by atoms with Gasteiger partial charge in [0.05, 0.1) is 17.9 Å². The van der Waals surface area contributed by atoms with Gasteiger partial charge in [-0.05, 0) is 42.5 Å². The van der Waals surface area contributed by atoms with Crippen LogP contribution in [-0.2, 0) is 11.2 Å². The van der Waals surface area contributed by atoms with Gasteiger partial charge in [0.15, 0.2) is 11.7 Å². The second-order valence-electron chi connectivity index (χ2n) is 5.85. The SMILES string of the molecule is O=C(CCc1ncc(-c2ccc(F)cc2)o1)Nc1ccc2[nH]ncc2c1. The minimum absolute atomic E-state index is 0.130. The lowest BCUT2D eigenvalue weighted by atomic mass is 10.2. The van der Waals surface area contributed by atoms with Crippen LogP contribution < -0.4 is 5.32 Å². The van der Waals surface area contributed by atoms with Gasteiger partial charge >= 0.3 is 0 Å². The Morgan fingerprint density at radius 2 is 2.00 bits per heavy atom. The number of benzene rings is 2. The molecule has 0 saturated heterocycles. The summed E-state index contributed by atoms with van der Waals surface area (Å²) in [6, 6.07) is 11.5. The Balaban J connectivity index is 1.36. The van der Waals surface area contributed by atoms with Crippen LogP contribution >= 0.6 is 0 Å². The van der Waals surface area contributed by atoms with E-state index in [-0.39, 0.29) is 18.1 Å². The number of anilines is 1. The zero-order valence-electron chi connectivity index (χ0n) is 13.7. The molecule has 0 saturated carbocycles. The summed E-state index contributed by atoms with van der Waals surface area (Å²) >= 11 is 0. The molecule has 0 radical (unpaired) electrons. The van der Waals surface area contributed by atoms with E-state index in [4.69, 9.17) is 4.42 Å². The molecule has 0 aliphatic heterocycles. The highest BCUT2D eigenvalue weighted by Crippen LogP contribution is 2.21. The monoisotopic (exact) mass is 350 g/mol. The number of carbonyl (C=O) groups is 1. The number of aryl methyl sites for hydroxylation is 1. The minimum Gasteiger partial charge on any atom is -0.441 e. The lowest BCUT2D eigenvalue weighted by Crippen LogP contribution is -2.12. The maximum atomic E-state index is 13.0. The molecule has 0 spiro atoms. The molecule has 2 aromatic heterocycles. The van der Waals surface area contributed by atoms with Crippen molar-refractivity contribution in [3.63, 3.8) is 0 Å². The van der Waals surface area contributed by atoms with Gasteiger partial charge in [-0.1, -0.05) is 0 Å². The number of halogens is 1. The van der Waals surface area contributed by atoms with E-state index in [9.17, 15) is 9.18 Å². The summed E-state index contributed by atoms with van der Waals surface area (Å²) in [6.07, 6.45) is 3.90. The van der Waals surface area contributed by atoms with Crippen LogP contribution in [0.25, 0.3) is 22.2 Å². The summed E-state index contributed by atoms with van der Waals surface area (Å²) in [5, 5.41) is 10.6. The van der Waals surface area contributed by atoms with Crippen LogP contribution in [0, 0.1) is 5.82 Å². The van der Waals surface area contributed by atoms with Gasteiger partial charge in [0.25, 0.3) is 0 Å².